The zero-order valence-electron chi connectivity index (χ0n) is 7.46. The lowest BCUT2D eigenvalue weighted by Crippen LogP contribution is -2.04. The molecule has 1 aromatic carbocycles. The number of hydrogen-bond acceptors (Lipinski definition) is 1. The van der Waals surface area contributed by atoms with Crippen LogP contribution in [0.1, 0.15) is 42.9 Å². The first-order valence-electron chi connectivity index (χ1n) is 4.63. The second-order valence-electron chi connectivity index (χ2n) is 3.73. The van der Waals surface area contributed by atoms with Gasteiger partial charge in [-0.05, 0) is 36.8 Å². The average molecular weight is 161 g/mol. The predicted molar refractivity (Wildman–Crippen MR) is 51.0 cm³/mol. The summed E-state index contributed by atoms with van der Waals surface area (Å²) >= 11 is 0. The van der Waals surface area contributed by atoms with E-state index in [1.165, 1.54) is 24.0 Å². The standard InChI is InChI=1S/C11H15N/c1-8(12)9-2-4-10(5-3-9)11-6-7-11/h2-5,8,11H,6-7,12H2,1H3/t8-/m0/s1. The van der Waals surface area contributed by atoms with Crippen LogP contribution in [0.15, 0.2) is 24.3 Å². The van der Waals surface area contributed by atoms with Gasteiger partial charge in [0, 0.05) is 6.04 Å². The SMILES string of the molecule is C[C@H](N)c1ccc(C2CC2)cc1. The molecule has 1 aliphatic rings. The zero-order chi connectivity index (χ0) is 8.55. The summed E-state index contributed by atoms with van der Waals surface area (Å²) in [5.41, 5.74) is 8.48. The van der Waals surface area contributed by atoms with Gasteiger partial charge < -0.3 is 5.73 Å². The maximum Gasteiger partial charge on any atom is 0.0266 e. The number of hydrogen-bond donors (Lipinski definition) is 1. The van der Waals surface area contributed by atoms with Crippen LogP contribution in [-0.4, -0.2) is 0 Å². The number of nitrogens with two attached hydrogens (primary N) is 1. The molecule has 1 aliphatic carbocycles. The Morgan fingerprint density at radius 3 is 2.25 bits per heavy atom. The van der Waals surface area contributed by atoms with Crippen molar-refractivity contribution < 1.29 is 0 Å². The fourth-order valence-corrected chi connectivity index (χ4v) is 1.49. The van der Waals surface area contributed by atoms with Crippen molar-refractivity contribution in [1.29, 1.82) is 0 Å². The number of benzene rings is 1. The van der Waals surface area contributed by atoms with E-state index < -0.39 is 0 Å². The third-order valence-corrected chi connectivity index (χ3v) is 2.51. The molecule has 12 heavy (non-hydrogen) atoms. The summed E-state index contributed by atoms with van der Waals surface area (Å²) in [6.07, 6.45) is 2.75. The van der Waals surface area contributed by atoms with Gasteiger partial charge in [-0.3, -0.25) is 0 Å². The lowest BCUT2D eigenvalue weighted by molar-refractivity contribution is 0.817. The van der Waals surface area contributed by atoms with Crippen molar-refractivity contribution >= 4 is 0 Å². The summed E-state index contributed by atoms with van der Waals surface area (Å²) < 4.78 is 0. The Morgan fingerprint density at radius 1 is 1.25 bits per heavy atom. The van der Waals surface area contributed by atoms with Crippen LogP contribution in [0.25, 0.3) is 0 Å². The topological polar surface area (TPSA) is 26.0 Å². The molecule has 0 spiro atoms. The Bertz CT molecular complexity index is 236. The molecule has 64 valence electrons. The van der Waals surface area contributed by atoms with Crippen molar-refractivity contribution in [2.75, 3.05) is 0 Å². The summed E-state index contributed by atoms with van der Waals surface area (Å²) in [4.78, 5) is 0. The minimum atomic E-state index is 0.165. The average Bonchev–Trinajstić information content (AvgIpc) is 2.87. The summed E-state index contributed by atoms with van der Waals surface area (Å²) in [6, 6.07) is 8.90. The van der Waals surface area contributed by atoms with Gasteiger partial charge in [0.25, 0.3) is 0 Å². The second-order valence-corrected chi connectivity index (χ2v) is 3.73. The van der Waals surface area contributed by atoms with Crippen molar-refractivity contribution in [3.8, 4) is 0 Å². The minimum Gasteiger partial charge on any atom is -0.324 e. The maximum absolute atomic E-state index is 5.76. The fraction of sp³-hybridized carbons (Fsp3) is 0.455. The first-order valence-corrected chi connectivity index (χ1v) is 4.63. The van der Waals surface area contributed by atoms with Crippen LogP contribution in [0.3, 0.4) is 0 Å². The molecular formula is C11H15N. The Balaban J connectivity index is 2.18. The van der Waals surface area contributed by atoms with Gasteiger partial charge in [-0.15, -0.1) is 0 Å². The molecule has 1 saturated carbocycles. The van der Waals surface area contributed by atoms with E-state index in [-0.39, 0.29) is 6.04 Å². The van der Waals surface area contributed by atoms with Crippen LogP contribution in [-0.2, 0) is 0 Å². The Hall–Kier alpha value is -0.820. The first kappa shape index (κ1) is 7.81. The Labute approximate surface area is 73.6 Å². The van der Waals surface area contributed by atoms with Crippen molar-refractivity contribution in [2.45, 2.75) is 31.7 Å². The van der Waals surface area contributed by atoms with Crippen LogP contribution in [0.4, 0.5) is 0 Å². The zero-order valence-corrected chi connectivity index (χ0v) is 7.46. The third-order valence-electron chi connectivity index (χ3n) is 2.51. The highest BCUT2D eigenvalue weighted by molar-refractivity contribution is 5.29. The van der Waals surface area contributed by atoms with E-state index in [1.807, 2.05) is 6.92 Å². The summed E-state index contributed by atoms with van der Waals surface area (Å²) in [7, 11) is 0. The smallest absolute Gasteiger partial charge is 0.0266 e. The maximum atomic E-state index is 5.76. The third kappa shape index (κ3) is 1.51. The van der Waals surface area contributed by atoms with Crippen LogP contribution in [0, 0.1) is 0 Å². The van der Waals surface area contributed by atoms with E-state index in [4.69, 9.17) is 5.73 Å². The van der Waals surface area contributed by atoms with Gasteiger partial charge in [-0.2, -0.15) is 0 Å². The molecule has 1 aromatic rings. The largest absolute Gasteiger partial charge is 0.324 e. The highest BCUT2D eigenvalue weighted by Crippen LogP contribution is 2.40. The van der Waals surface area contributed by atoms with Crippen molar-refractivity contribution in [3.05, 3.63) is 35.4 Å². The minimum absolute atomic E-state index is 0.165. The van der Waals surface area contributed by atoms with E-state index >= 15 is 0 Å². The summed E-state index contributed by atoms with van der Waals surface area (Å²) in [6.45, 7) is 2.02. The predicted octanol–water partition coefficient (Wildman–Crippen LogP) is 2.58. The van der Waals surface area contributed by atoms with E-state index in [0.29, 0.717) is 0 Å². The van der Waals surface area contributed by atoms with Gasteiger partial charge in [0.15, 0.2) is 0 Å². The van der Waals surface area contributed by atoms with Gasteiger partial charge in [0.05, 0.1) is 0 Å². The molecule has 0 bridgehead atoms. The van der Waals surface area contributed by atoms with Crippen molar-refractivity contribution in [2.24, 2.45) is 5.73 Å². The molecule has 0 aliphatic heterocycles. The molecule has 0 heterocycles. The van der Waals surface area contributed by atoms with Gasteiger partial charge in [0.2, 0.25) is 0 Å². The highest BCUT2D eigenvalue weighted by atomic mass is 14.6. The fourth-order valence-electron chi connectivity index (χ4n) is 1.49. The van der Waals surface area contributed by atoms with Crippen molar-refractivity contribution in [3.63, 3.8) is 0 Å². The van der Waals surface area contributed by atoms with Gasteiger partial charge >= 0.3 is 0 Å². The molecule has 1 heteroatoms. The van der Waals surface area contributed by atoms with Gasteiger partial charge in [0.1, 0.15) is 0 Å². The second kappa shape index (κ2) is 2.91. The quantitative estimate of drug-likeness (QED) is 0.708. The number of rotatable bonds is 2. The van der Waals surface area contributed by atoms with Crippen LogP contribution in [0.2, 0.25) is 0 Å². The molecule has 0 aromatic heterocycles. The Kier molecular flexibility index (Phi) is 1.89. The highest BCUT2D eigenvalue weighted by Gasteiger charge is 2.22. The summed E-state index contributed by atoms with van der Waals surface area (Å²) in [5, 5.41) is 0. The lowest BCUT2D eigenvalue weighted by atomic mass is 10.0. The molecule has 1 nitrogen and oxygen atoms in total. The van der Waals surface area contributed by atoms with Crippen LogP contribution < -0.4 is 5.73 Å². The van der Waals surface area contributed by atoms with E-state index in [2.05, 4.69) is 24.3 Å². The van der Waals surface area contributed by atoms with Crippen molar-refractivity contribution in [1.82, 2.24) is 0 Å². The normalized spacial score (nSPS) is 19.2. The molecule has 2 rings (SSSR count). The molecule has 0 radical (unpaired) electrons. The van der Waals surface area contributed by atoms with Gasteiger partial charge in [-0.1, -0.05) is 24.3 Å². The summed E-state index contributed by atoms with van der Waals surface area (Å²) in [5.74, 6) is 0.854. The van der Waals surface area contributed by atoms with Crippen LogP contribution >= 0.6 is 0 Å². The molecule has 2 N–H and O–H groups in total. The first-order chi connectivity index (χ1) is 5.77. The molecule has 0 saturated heterocycles. The van der Waals surface area contributed by atoms with Gasteiger partial charge in [-0.25, -0.2) is 0 Å². The molecule has 1 atom stereocenters. The molecular weight excluding hydrogens is 146 g/mol. The van der Waals surface area contributed by atoms with E-state index in [0.717, 1.165) is 5.92 Å². The lowest BCUT2D eigenvalue weighted by Gasteiger charge is -2.05. The van der Waals surface area contributed by atoms with Crippen LogP contribution in [0.5, 0.6) is 0 Å². The monoisotopic (exact) mass is 161 g/mol. The Morgan fingerprint density at radius 2 is 1.83 bits per heavy atom. The molecule has 0 unspecified atom stereocenters. The molecule has 1 fully saturated rings. The van der Waals surface area contributed by atoms with E-state index in [1.54, 1.807) is 0 Å². The van der Waals surface area contributed by atoms with E-state index in [9.17, 15) is 0 Å². The molecule has 0 amide bonds.